The Balaban J connectivity index is 2.14. The summed E-state index contributed by atoms with van der Waals surface area (Å²) in [5.74, 6) is 1.59. The second kappa shape index (κ2) is 5.87. The Morgan fingerprint density at radius 1 is 1.35 bits per heavy atom. The second-order valence-corrected chi connectivity index (χ2v) is 5.69. The minimum absolute atomic E-state index is 0.350. The van der Waals surface area contributed by atoms with Crippen LogP contribution in [0.15, 0.2) is 22.7 Å². The Morgan fingerprint density at radius 3 is 2.82 bits per heavy atom. The number of benzene rings is 1. The first kappa shape index (κ1) is 12.9. The van der Waals surface area contributed by atoms with Crippen LogP contribution in [0.2, 0.25) is 0 Å². The van der Waals surface area contributed by atoms with E-state index in [1.54, 1.807) is 0 Å². The van der Waals surface area contributed by atoms with E-state index in [0.717, 1.165) is 22.2 Å². The predicted octanol–water partition coefficient (Wildman–Crippen LogP) is 3.87. The molecule has 1 saturated carbocycles. The molecule has 2 atom stereocenters. The van der Waals surface area contributed by atoms with Crippen molar-refractivity contribution in [3.63, 3.8) is 0 Å². The lowest BCUT2D eigenvalue weighted by Crippen LogP contribution is -2.28. The number of halogens is 1. The van der Waals surface area contributed by atoms with Gasteiger partial charge in [0.25, 0.3) is 0 Å². The van der Waals surface area contributed by atoms with Gasteiger partial charge in [0.05, 0.1) is 0 Å². The molecule has 2 N–H and O–H groups in total. The molecular weight excluding hydrogens is 278 g/mol. The molecule has 0 radical (unpaired) electrons. The zero-order valence-corrected chi connectivity index (χ0v) is 11.9. The van der Waals surface area contributed by atoms with E-state index in [1.165, 1.54) is 19.3 Å². The van der Waals surface area contributed by atoms with E-state index in [9.17, 15) is 0 Å². The minimum atomic E-state index is 0.350. The van der Waals surface area contributed by atoms with E-state index >= 15 is 0 Å². The van der Waals surface area contributed by atoms with E-state index in [4.69, 9.17) is 10.5 Å². The van der Waals surface area contributed by atoms with Crippen LogP contribution in [-0.4, -0.2) is 6.10 Å². The third-order valence-corrected chi connectivity index (χ3v) is 4.33. The molecule has 2 rings (SSSR count). The van der Waals surface area contributed by atoms with Crippen LogP contribution in [0, 0.1) is 5.92 Å². The Hall–Kier alpha value is -0.540. The Bertz CT molecular complexity index is 380. The van der Waals surface area contributed by atoms with Crippen LogP contribution in [-0.2, 0) is 6.54 Å². The monoisotopic (exact) mass is 297 g/mol. The molecule has 2 nitrogen and oxygen atoms in total. The van der Waals surface area contributed by atoms with Crippen LogP contribution >= 0.6 is 15.9 Å². The zero-order valence-electron chi connectivity index (χ0n) is 10.3. The van der Waals surface area contributed by atoms with Gasteiger partial charge in [0.2, 0.25) is 0 Å². The highest BCUT2D eigenvalue weighted by Crippen LogP contribution is 2.32. The largest absolute Gasteiger partial charge is 0.490 e. The van der Waals surface area contributed by atoms with Crippen LogP contribution in [0.25, 0.3) is 0 Å². The van der Waals surface area contributed by atoms with Crippen molar-refractivity contribution in [2.24, 2.45) is 11.7 Å². The van der Waals surface area contributed by atoms with Crippen molar-refractivity contribution in [1.82, 2.24) is 0 Å². The molecule has 94 valence electrons. The van der Waals surface area contributed by atoms with Gasteiger partial charge in [0.15, 0.2) is 0 Å². The van der Waals surface area contributed by atoms with Gasteiger partial charge < -0.3 is 10.5 Å². The van der Waals surface area contributed by atoms with Gasteiger partial charge in [-0.25, -0.2) is 0 Å². The Labute approximate surface area is 112 Å². The van der Waals surface area contributed by atoms with Gasteiger partial charge in [-0.05, 0) is 37.3 Å². The molecule has 0 aliphatic heterocycles. The molecule has 3 heteroatoms. The summed E-state index contributed by atoms with van der Waals surface area (Å²) in [7, 11) is 0. The molecule has 1 aromatic carbocycles. The standard InChI is InChI=1S/C14H20BrNO/c1-10-5-2-3-7-13(10)17-14-8-4-6-12(15)11(14)9-16/h4,6,8,10,13H,2-3,5,7,9,16H2,1H3. The van der Waals surface area contributed by atoms with E-state index in [1.807, 2.05) is 18.2 Å². The third-order valence-electron chi connectivity index (χ3n) is 3.59. The molecule has 0 saturated heterocycles. The highest BCUT2D eigenvalue weighted by Gasteiger charge is 2.23. The maximum atomic E-state index is 6.16. The van der Waals surface area contributed by atoms with Gasteiger partial charge in [-0.2, -0.15) is 0 Å². The Kier molecular flexibility index (Phi) is 4.46. The van der Waals surface area contributed by atoms with Gasteiger partial charge in [0, 0.05) is 16.6 Å². The van der Waals surface area contributed by atoms with E-state index in [-0.39, 0.29) is 0 Å². The Morgan fingerprint density at radius 2 is 2.12 bits per heavy atom. The lowest BCUT2D eigenvalue weighted by atomic mass is 9.88. The number of hydrogen-bond donors (Lipinski definition) is 1. The number of rotatable bonds is 3. The smallest absolute Gasteiger partial charge is 0.125 e. The fourth-order valence-electron chi connectivity index (χ4n) is 2.47. The van der Waals surface area contributed by atoms with Crippen LogP contribution in [0.1, 0.15) is 38.2 Å². The summed E-state index contributed by atoms with van der Waals surface area (Å²) < 4.78 is 7.20. The summed E-state index contributed by atoms with van der Waals surface area (Å²) in [6, 6.07) is 6.04. The minimum Gasteiger partial charge on any atom is -0.490 e. The summed E-state index contributed by atoms with van der Waals surface area (Å²) in [6.45, 7) is 2.79. The quantitative estimate of drug-likeness (QED) is 0.919. The SMILES string of the molecule is CC1CCCCC1Oc1cccc(Br)c1CN. The average molecular weight is 298 g/mol. The molecule has 0 spiro atoms. The highest BCUT2D eigenvalue weighted by atomic mass is 79.9. The van der Waals surface area contributed by atoms with E-state index in [0.29, 0.717) is 18.6 Å². The zero-order chi connectivity index (χ0) is 12.3. The fraction of sp³-hybridized carbons (Fsp3) is 0.571. The summed E-state index contributed by atoms with van der Waals surface area (Å²) in [4.78, 5) is 0. The maximum absolute atomic E-state index is 6.16. The topological polar surface area (TPSA) is 35.2 Å². The van der Waals surface area contributed by atoms with Crippen molar-refractivity contribution in [3.8, 4) is 5.75 Å². The summed E-state index contributed by atoms with van der Waals surface area (Å²) in [5.41, 5.74) is 6.86. The van der Waals surface area contributed by atoms with Gasteiger partial charge >= 0.3 is 0 Å². The molecule has 0 aromatic heterocycles. The first-order valence-electron chi connectivity index (χ1n) is 6.36. The maximum Gasteiger partial charge on any atom is 0.125 e. The van der Waals surface area contributed by atoms with Gasteiger partial charge in [-0.15, -0.1) is 0 Å². The van der Waals surface area contributed by atoms with Gasteiger partial charge in [0.1, 0.15) is 11.9 Å². The summed E-state index contributed by atoms with van der Waals surface area (Å²) in [6.07, 6.45) is 5.40. The fourth-order valence-corrected chi connectivity index (χ4v) is 2.98. The highest BCUT2D eigenvalue weighted by molar-refractivity contribution is 9.10. The van der Waals surface area contributed by atoms with Crippen LogP contribution < -0.4 is 10.5 Å². The molecule has 1 fully saturated rings. The first-order chi connectivity index (χ1) is 8.22. The lowest BCUT2D eigenvalue weighted by Gasteiger charge is -2.30. The van der Waals surface area contributed by atoms with Crippen LogP contribution in [0.5, 0.6) is 5.75 Å². The number of ether oxygens (including phenoxy) is 1. The molecule has 2 unspecified atom stereocenters. The van der Waals surface area contributed by atoms with Gasteiger partial charge in [-0.3, -0.25) is 0 Å². The van der Waals surface area contributed by atoms with Crippen molar-refractivity contribution >= 4 is 15.9 Å². The van der Waals surface area contributed by atoms with Crippen molar-refractivity contribution in [1.29, 1.82) is 0 Å². The first-order valence-corrected chi connectivity index (χ1v) is 7.15. The molecule has 1 aliphatic carbocycles. The molecule has 0 bridgehead atoms. The molecule has 1 aliphatic rings. The summed E-state index contributed by atoms with van der Waals surface area (Å²) >= 11 is 3.53. The van der Waals surface area contributed by atoms with Crippen LogP contribution in [0.4, 0.5) is 0 Å². The van der Waals surface area contributed by atoms with Gasteiger partial charge in [-0.1, -0.05) is 35.3 Å². The summed E-state index contributed by atoms with van der Waals surface area (Å²) in [5, 5.41) is 0. The molecule has 0 amide bonds. The number of nitrogens with two attached hydrogens (primary N) is 1. The molecule has 1 aromatic rings. The van der Waals surface area contributed by atoms with Crippen molar-refractivity contribution < 1.29 is 4.74 Å². The molecule has 17 heavy (non-hydrogen) atoms. The third kappa shape index (κ3) is 3.02. The van der Waals surface area contributed by atoms with Crippen LogP contribution in [0.3, 0.4) is 0 Å². The van der Waals surface area contributed by atoms with Crippen molar-refractivity contribution in [2.45, 2.75) is 45.3 Å². The normalized spacial score (nSPS) is 24.6. The predicted molar refractivity (Wildman–Crippen MR) is 74.1 cm³/mol. The van der Waals surface area contributed by atoms with Crippen molar-refractivity contribution in [3.05, 3.63) is 28.2 Å². The van der Waals surface area contributed by atoms with Crippen molar-refractivity contribution in [2.75, 3.05) is 0 Å². The van der Waals surface area contributed by atoms with E-state index in [2.05, 4.69) is 22.9 Å². The number of hydrogen-bond acceptors (Lipinski definition) is 2. The molecule has 0 heterocycles. The molecular formula is C14H20BrNO. The lowest BCUT2D eigenvalue weighted by molar-refractivity contribution is 0.101. The van der Waals surface area contributed by atoms with E-state index < -0.39 is 0 Å². The second-order valence-electron chi connectivity index (χ2n) is 4.84. The average Bonchev–Trinajstić information content (AvgIpc) is 2.32.